The third kappa shape index (κ3) is 2.93. The summed E-state index contributed by atoms with van der Waals surface area (Å²) in [5, 5.41) is 14.7. The number of nitrogens with one attached hydrogen (secondary N) is 1. The van der Waals surface area contributed by atoms with Crippen LogP contribution in [0.3, 0.4) is 0 Å². The maximum atomic E-state index is 10.6. The second-order valence-electron chi connectivity index (χ2n) is 3.70. The van der Waals surface area contributed by atoms with Crippen molar-refractivity contribution in [2.75, 3.05) is 19.0 Å². The largest absolute Gasteiger partial charge is 0.481 e. The van der Waals surface area contributed by atoms with Crippen LogP contribution in [-0.4, -0.2) is 40.8 Å². The molecular formula is C11H13N3O3S. The molecule has 0 radical (unpaired) electrons. The van der Waals surface area contributed by atoms with Gasteiger partial charge in [0.15, 0.2) is 0 Å². The van der Waals surface area contributed by atoms with Crippen molar-refractivity contribution in [2.24, 2.45) is 0 Å². The fraction of sp³-hybridized carbons (Fsp3) is 0.364. The molecule has 2 aromatic heterocycles. The monoisotopic (exact) mass is 267 g/mol. The number of rotatable bonds is 6. The summed E-state index contributed by atoms with van der Waals surface area (Å²) in [7, 11) is 1.50. The standard InChI is InChI=1S/C11H13N3O3S/c1-17-7(4-9(15)16)5-12-10-8-2-3-18-11(8)14-6-13-10/h2-3,6-7H,4-5H2,1H3,(H,15,16)(H,12,13,14). The number of ether oxygens (including phenoxy) is 1. The number of hydrogen-bond acceptors (Lipinski definition) is 6. The Bertz CT molecular complexity index is 543. The van der Waals surface area contributed by atoms with Gasteiger partial charge in [0.1, 0.15) is 17.0 Å². The predicted octanol–water partition coefficient (Wildman–Crippen LogP) is 1.59. The number of carboxylic acids is 1. The minimum Gasteiger partial charge on any atom is -0.481 e. The third-order valence-corrected chi connectivity index (χ3v) is 3.32. The number of fused-ring (bicyclic) bond motifs is 1. The van der Waals surface area contributed by atoms with Crippen LogP contribution in [0.1, 0.15) is 6.42 Å². The molecule has 0 aromatic carbocycles. The quantitative estimate of drug-likeness (QED) is 0.827. The highest BCUT2D eigenvalue weighted by molar-refractivity contribution is 7.16. The Morgan fingerprint density at radius 3 is 3.17 bits per heavy atom. The normalized spacial score (nSPS) is 12.5. The molecule has 0 spiro atoms. The number of carboxylic acid groups (broad SMARTS) is 1. The van der Waals surface area contributed by atoms with E-state index >= 15 is 0 Å². The molecule has 0 aliphatic carbocycles. The van der Waals surface area contributed by atoms with Crippen LogP contribution in [0.5, 0.6) is 0 Å². The Morgan fingerprint density at radius 2 is 2.44 bits per heavy atom. The maximum absolute atomic E-state index is 10.6. The Kier molecular flexibility index (Phi) is 4.06. The topological polar surface area (TPSA) is 84.3 Å². The van der Waals surface area contributed by atoms with E-state index in [2.05, 4.69) is 15.3 Å². The molecule has 2 aromatic rings. The lowest BCUT2D eigenvalue weighted by Crippen LogP contribution is -2.25. The van der Waals surface area contributed by atoms with Gasteiger partial charge >= 0.3 is 5.97 Å². The second-order valence-corrected chi connectivity index (χ2v) is 4.59. The van der Waals surface area contributed by atoms with Crippen LogP contribution >= 0.6 is 11.3 Å². The van der Waals surface area contributed by atoms with Crippen LogP contribution in [0, 0.1) is 0 Å². The molecule has 1 atom stereocenters. The van der Waals surface area contributed by atoms with Gasteiger partial charge in [0.05, 0.1) is 17.9 Å². The maximum Gasteiger partial charge on any atom is 0.306 e. The molecule has 2 heterocycles. The van der Waals surface area contributed by atoms with E-state index in [1.807, 2.05) is 11.4 Å². The molecular weight excluding hydrogens is 254 g/mol. The predicted molar refractivity (Wildman–Crippen MR) is 69.0 cm³/mol. The van der Waals surface area contributed by atoms with Crippen molar-refractivity contribution >= 4 is 33.3 Å². The van der Waals surface area contributed by atoms with E-state index in [9.17, 15) is 4.79 Å². The minimum absolute atomic E-state index is 0.0403. The van der Waals surface area contributed by atoms with Crippen LogP contribution in [0.15, 0.2) is 17.8 Å². The van der Waals surface area contributed by atoms with E-state index in [-0.39, 0.29) is 12.5 Å². The lowest BCUT2D eigenvalue weighted by molar-refractivity contribution is -0.139. The van der Waals surface area contributed by atoms with Crippen molar-refractivity contribution in [3.05, 3.63) is 17.8 Å². The van der Waals surface area contributed by atoms with Crippen LogP contribution in [0.4, 0.5) is 5.82 Å². The number of hydrogen-bond donors (Lipinski definition) is 2. The van der Waals surface area contributed by atoms with E-state index in [0.29, 0.717) is 12.4 Å². The molecule has 2 N–H and O–H groups in total. The summed E-state index contributed by atoms with van der Waals surface area (Å²) >= 11 is 1.54. The van der Waals surface area contributed by atoms with Crippen LogP contribution in [0.25, 0.3) is 10.2 Å². The smallest absolute Gasteiger partial charge is 0.306 e. The molecule has 0 saturated heterocycles. The number of aliphatic carboxylic acids is 1. The Balaban J connectivity index is 2.05. The van der Waals surface area contributed by atoms with Crippen LogP contribution in [0.2, 0.25) is 0 Å². The van der Waals surface area contributed by atoms with Crippen molar-refractivity contribution in [1.82, 2.24) is 9.97 Å². The fourth-order valence-corrected chi connectivity index (χ4v) is 2.31. The second kappa shape index (κ2) is 5.74. The lowest BCUT2D eigenvalue weighted by Gasteiger charge is -2.14. The first-order valence-corrected chi connectivity index (χ1v) is 6.25. The molecule has 0 bridgehead atoms. The Labute approximate surface area is 108 Å². The van der Waals surface area contributed by atoms with Crippen molar-refractivity contribution in [1.29, 1.82) is 0 Å². The number of aromatic nitrogens is 2. The summed E-state index contributed by atoms with van der Waals surface area (Å²) in [4.78, 5) is 19.8. The fourth-order valence-electron chi connectivity index (χ4n) is 1.58. The summed E-state index contributed by atoms with van der Waals surface area (Å²) < 4.78 is 5.09. The number of carbonyl (C=O) groups is 1. The van der Waals surface area contributed by atoms with Gasteiger partial charge in [0, 0.05) is 13.7 Å². The van der Waals surface area contributed by atoms with Gasteiger partial charge in [-0.25, -0.2) is 9.97 Å². The van der Waals surface area contributed by atoms with E-state index < -0.39 is 5.97 Å². The molecule has 0 amide bonds. The number of nitrogens with zero attached hydrogens (tertiary/aromatic N) is 2. The molecule has 0 aliphatic rings. The number of thiophene rings is 1. The number of methoxy groups -OCH3 is 1. The molecule has 1 unspecified atom stereocenters. The lowest BCUT2D eigenvalue weighted by atomic mass is 10.2. The zero-order valence-corrected chi connectivity index (χ0v) is 10.6. The molecule has 6 nitrogen and oxygen atoms in total. The van der Waals surface area contributed by atoms with Crippen molar-refractivity contribution in [3.8, 4) is 0 Å². The summed E-state index contributed by atoms with van der Waals surface area (Å²) in [5.41, 5.74) is 0. The summed E-state index contributed by atoms with van der Waals surface area (Å²) in [6.45, 7) is 0.394. The van der Waals surface area contributed by atoms with Gasteiger partial charge in [-0.15, -0.1) is 11.3 Å². The first kappa shape index (κ1) is 12.7. The first-order chi connectivity index (χ1) is 8.70. The molecule has 18 heavy (non-hydrogen) atoms. The van der Waals surface area contributed by atoms with Gasteiger partial charge in [-0.1, -0.05) is 0 Å². The first-order valence-electron chi connectivity index (χ1n) is 5.37. The van der Waals surface area contributed by atoms with E-state index in [1.165, 1.54) is 24.8 Å². The van der Waals surface area contributed by atoms with Gasteiger partial charge in [0.2, 0.25) is 0 Å². The van der Waals surface area contributed by atoms with E-state index in [4.69, 9.17) is 9.84 Å². The third-order valence-electron chi connectivity index (χ3n) is 2.49. The minimum atomic E-state index is -0.882. The zero-order valence-electron chi connectivity index (χ0n) is 9.79. The molecule has 7 heteroatoms. The highest BCUT2D eigenvalue weighted by atomic mass is 32.1. The highest BCUT2D eigenvalue weighted by Gasteiger charge is 2.13. The SMILES string of the molecule is COC(CNc1ncnc2sccc12)CC(=O)O. The highest BCUT2D eigenvalue weighted by Crippen LogP contribution is 2.23. The van der Waals surface area contributed by atoms with Gasteiger partial charge in [-0.05, 0) is 11.4 Å². The summed E-state index contributed by atoms with van der Waals surface area (Å²) in [6, 6.07) is 1.93. The van der Waals surface area contributed by atoms with Gasteiger partial charge in [-0.2, -0.15) is 0 Å². The van der Waals surface area contributed by atoms with Crippen molar-refractivity contribution in [2.45, 2.75) is 12.5 Å². The average molecular weight is 267 g/mol. The molecule has 0 fully saturated rings. The van der Waals surface area contributed by atoms with Gasteiger partial charge in [-0.3, -0.25) is 4.79 Å². The van der Waals surface area contributed by atoms with Gasteiger partial charge < -0.3 is 15.2 Å². The van der Waals surface area contributed by atoms with E-state index in [1.54, 1.807) is 0 Å². The Morgan fingerprint density at radius 1 is 1.61 bits per heavy atom. The summed E-state index contributed by atoms with van der Waals surface area (Å²) in [5.74, 6) is -0.180. The molecule has 0 aliphatic heterocycles. The average Bonchev–Trinajstić information content (AvgIpc) is 2.82. The Hall–Kier alpha value is -1.73. The number of anilines is 1. The zero-order chi connectivity index (χ0) is 13.0. The molecule has 2 rings (SSSR count). The van der Waals surface area contributed by atoms with Crippen LogP contribution in [-0.2, 0) is 9.53 Å². The van der Waals surface area contributed by atoms with Crippen molar-refractivity contribution < 1.29 is 14.6 Å². The molecule has 96 valence electrons. The van der Waals surface area contributed by atoms with Gasteiger partial charge in [0.25, 0.3) is 0 Å². The van der Waals surface area contributed by atoms with Crippen LogP contribution < -0.4 is 5.32 Å². The van der Waals surface area contributed by atoms with Crippen molar-refractivity contribution in [3.63, 3.8) is 0 Å². The van der Waals surface area contributed by atoms with E-state index in [0.717, 1.165) is 10.2 Å². The summed E-state index contributed by atoms with van der Waals surface area (Å²) in [6.07, 6.45) is 1.06. The molecule has 0 saturated carbocycles.